The highest BCUT2D eigenvalue weighted by molar-refractivity contribution is 5.78. The van der Waals surface area contributed by atoms with Gasteiger partial charge in [0.15, 0.2) is 0 Å². The van der Waals surface area contributed by atoms with E-state index in [2.05, 4.69) is 5.32 Å². The number of benzene rings is 1. The Hall–Kier alpha value is -1.42. The third kappa shape index (κ3) is 5.29. The Labute approximate surface area is 120 Å². The fourth-order valence-electron chi connectivity index (χ4n) is 1.98. The minimum absolute atomic E-state index is 0.0840. The molecule has 4 heteroatoms. The monoisotopic (exact) mass is 281 g/mol. The molecule has 1 aromatic carbocycles. The van der Waals surface area contributed by atoms with Gasteiger partial charge >= 0.3 is 0 Å². The van der Waals surface area contributed by atoms with E-state index in [-0.39, 0.29) is 29.7 Å². The van der Waals surface area contributed by atoms with Crippen molar-refractivity contribution in [2.45, 2.75) is 33.6 Å². The highest BCUT2D eigenvalue weighted by Gasteiger charge is 2.21. The summed E-state index contributed by atoms with van der Waals surface area (Å²) in [6, 6.07) is 6.52. The van der Waals surface area contributed by atoms with Gasteiger partial charge in [-0.2, -0.15) is 0 Å². The third-order valence-electron chi connectivity index (χ3n) is 3.46. The van der Waals surface area contributed by atoms with E-state index in [0.717, 1.165) is 0 Å². The molecule has 1 amide bonds. The van der Waals surface area contributed by atoms with Gasteiger partial charge < -0.3 is 10.4 Å². The van der Waals surface area contributed by atoms with Gasteiger partial charge in [0.25, 0.3) is 0 Å². The second-order valence-corrected chi connectivity index (χ2v) is 6.05. The molecule has 0 radical (unpaired) electrons. The van der Waals surface area contributed by atoms with Gasteiger partial charge in [-0.15, -0.1) is 0 Å². The van der Waals surface area contributed by atoms with Crippen molar-refractivity contribution in [3.05, 3.63) is 35.6 Å². The van der Waals surface area contributed by atoms with Crippen LogP contribution in [0.25, 0.3) is 0 Å². The molecule has 0 spiro atoms. The summed E-state index contributed by atoms with van der Waals surface area (Å²) < 4.78 is 13.5. The minimum Gasteiger partial charge on any atom is -0.396 e. The van der Waals surface area contributed by atoms with Crippen molar-refractivity contribution < 1.29 is 14.3 Å². The van der Waals surface area contributed by atoms with E-state index >= 15 is 0 Å². The number of hydrogen-bond acceptors (Lipinski definition) is 2. The largest absolute Gasteiger partial charge is 0.396 e. The fourth-order valence-corrected chi connectivity index (χ4v) is 1.98. The van der Waals surface area contributed by atoms with Crippen molar-refractivity contribution in [1.82, 2.24) is 5.32 Å². The van der Waals surface area contributed by atoms with Crippen LogP contribution in [0, 0.1) is 17.2 Å². The molecule has 1 rings (SSSR count). The van der Waals surface area contributed by atoms with Crippen LogP contribution in [0.2, 0.25) is 0 Å². The number of aliphatic hydroxyl groups is 1. The average molecular weight is 281 g/mol. The van der Waals surface area contributed by atoms with Crippen molar-refractivity contribution in [3.8, 4) is 0 Å². The zero-order chi connectivity index (χ0) is 15.2. The fraction of sp³-hybridized carbons (Fsp3) is 0.562. The SMILES string of the molecule is CC(Cc1ccccc1F)C(=O)NCC(C)(C)CCO. The second kappa shape index (κ2) is 7.39. The minimum atomic E-state index is -0.281. The van der Waals surface area contributed by atoms with Crippen LogP contribution < -0.4 is 5.32 Å². The van der Waals surface area contributed by atoms with Gasteiger partial charge in [0.05, 0.1) is 0 Å². The molecule has 0 saturated carbocycles. The molecule has 3 nitrogen and oxygen atoms in total. The first-order valence-electron chi connectivity index (χ1n) is 6.98. The predicted molar refractivity (Wildman–Crippen MR) is 77.8 cm³/mol. The smallest absolute Gasteiger partial charge is 0.223 e. The molecule has 1 atom stereocenters. The van der Waals surface area contributed by atoms with Crippen molar-refractivity contribution in [2.24, 2.45) is 11.3 Å². The Bertz CT molecular complexity index is 446. The first-order chi connectivity index (χ1) is 9.35. The molecule has 0 saturated heterocycles. The summed E-state index contributed by atoms with van der Waals surface area (Å²) in [5, 5.41) is 11.8. The lowest BCUT2D eigenvalue weighted by Crippen LogP contribution is -2.38. The number of halogens is 1. The Morgan fingerprint density at radius 2 is 2.05 bits per heavy atom. The Balaban J connectivity index is 2.50. The van der Waals surface area contributed by atoms with Gasteiger partial charge in [-0.25, -0.2) is 4.39 Å². The third-order valence-corrected chi connectivity index (χ3v) is 3.46. The van der Waals surface area contributed by atoms with Crippen LogP contribution in [-0.4, -0.2) is 24.2 Å². The number of rotatable bonds is 7. The standard InChI is InChI=1S/C16H24FNO2/c1-12(10-13-6-4-5-7-14(13)17)15(20)18-11-16(2,3)8-9-19/h4-7,12,19H,8-11H2,1-3H3,(H,18,20). The lowest BCUT2D eigenvalue weighted by Gasteiger charge is -2.25. The molecule has 0 aromatic heterocycles. The van der Waals surface area contributed by atoms with Gasteiger partial charge in [0.2, 0.25) is 5.91 Å². The number of aliphatic hydroxyl groups excluding tert-OH is 1. The summed E-state index contributed by atoms with van der Waals surface area (Å²) >= 11 is 0. The van der Waals surface area contributed by atoms with Gasteiger partial charge in [-0.3, -0.25) is 4.79 Å². The van der Waals surface area contributed by atoms with Crippen molar-refractivity contribution in [3.63, 3.8) is 0 Å². The second-order valence-electron chi connectivity index (χ2n) is 6.05. The average Bonchev–Trinajstić information content (AvgIpc) is 2.38. The van der Waals surface area contributed by atoms with Gasteiger partial charge in [0, 0.05) is 19.1 Å². The molecule has 20 heavy (non-hydrogen) atoms. The molecular formula is C16H24FNO2. The highest BCUT2D eigenvalue weighted by atomic mass is 19.1. The molecule has 0 aliphatic heterocycles. The van der Waals surface area contributed by atoms with Crippen LogP contribution in [0.15, 0.2) is 24.3 Å². The molecule has 2 N–H and O–H groups in total. The quantitative estimate of drug-likeness (QED) is 0.807. The van der Waals surface area contributed by atoms with E-state index in [1.807, 2.05) is 13.8 Å². The first kappa shape index (κ1) is 16.6. The summed E-state index contributed by atoms with van der Waals surface area (Å²) in [6.45, 7) is 6.39. The zero-order valence-electron chi connectivity index (χ0n) is 12.4. The number of carbonyl (C=O) groups is 1. The lowest BCUT2D eigenvalue weighted by atomic mass is 9.89. The Morgan fingerprint density at radius 1 is 1.40 bits per heavy atom. The van der Waals surface area contributed by atoms with E-state index in [0.29, 0.717) is 24.9 Å². The number of nitrogens with one attached hydrogen (secondary N) is 1. The van der Waals surface area contributed by atoms with E-state index in [4.69, 9.17) is 5.11 Å². The van der Waals surface area contributed by atoms with E-state index in [9.17, 15) is 9.18 Å². The highest BCUT2D eigenvalue weighted by Crippen LogP contribution is 2.18. The molecule has 0 aliphatic rings. The number of hydrogen-bond donors (Lipinski definition) is 2. The van der Waals surface area contributed by atoms with Gasteiger partial charge in [-0.05, 0) is 29.9 Å². The summed E-state index contributed by atoms with van der Waals surface area (Å²) in [6.07, 6.45) is 1.02. The Kier molecular flexibility index (Phi) is 6.14. The van der Waals surface area contributed by atoms with E-state index in [1.54, 1.807) is 25.1 Å². The van der Waals surface area contributed by atoms with Gasteiger partial charge in [-0.1, -0.05) is 39.0 Å². The molecule has 0 heterocycles. The summed E-state index contributed by atoms with van der Waals surface area (Å²) in [7, 11) is 0. The van der Waals surface area contributed by atoms with E-state index in [1.165, 1.54) is 6.07 Å². The van der Waals surface area contributed by atoms with Crippen LogP contribution in [0.3, 0.4) is 0 Å². The summed E-state index contributed by atoms with van der Waals surface area (Å²) in [5.41, 5.74) is 0.423. The topological polar surface area (TPSA) is 49.3 Å². The molecular weight excluding hydrogens is 257 g/mol. The van der Waals surface area contributed by atoms with Crippen LogP contribution >= 0.6 is 0 Å². The molecule has 112 valence electrons. The van der Waals surface area contributed by atoms with Crippen molar-refractivity contribution >= 4 is 5.91 Å². The predicted octanol–water partition coefficient (Wildman–Crippen LogP) is 2.53. The van der Waals surface area contributed by atoms with Gasteiger partial charge in [0.1, 0.15) is 5.82 Å². The van der Waals surface area contributed by atoms with Crippen molar-refractivity contribution in [2.75, 3.05) is 13.2 Å². The number of amides is 1. The maximum absolute atomic E-state index is 13.5. The Morgan fingerprint density at radius 3 is 2.65 bits per heavy atom. The summed E-state index contributed by atoms with van der Waals surface area (Å²) in [5.74, 6) is -0.635. The van der Waals surface area contributed by atoms with Crippen LogP contribution in [0.4, 0.5) is 4.39 Å². The molecule has 0 bridgehead atoms. The van der Waals surface area contributed by atoms with Crippen LogP contribution in [-0.2, 0) is 11.2 Å². The van der Waals surface area contributed by atoms with Crippen LogP contribution in [0.1, 0.15) is 32.8 Å². The molecule has 1 unspecified atom stereocenters. The molecule has 0 aliphatic carbocycles. The van der Waals surface area contributed by atoms with Crippen LogP contribution in [0.5, 0.6) is 0 Å². The van der Waals surface area contributed by atoms with Crippen molar-refractivity contribution in [1.29, 1.82) is 0 Å². The maximum atomic E-state index is 13.5. The lowest BCUT2D eigenvalue weighted by molar-refractivity contribution is -0.125. The molecule has 0 fully saturated rings. The summed E-state index contributed by atoms with van der Waals surface area (Å²) in [4.78, 5) is 12.0. The van der Waals surface area contributed by atoms with E-state index < -0.39 is 0 Å². The number of carbonyl (C=O) groups excluding carboxylic acids is 1. The first-order valence-corrected chi connectivity index (χ1v) is 6.98. The normalized spacial score (nSPS) is 13.1. The molecule has 1 aromatic rings. The maximum Gasteiger partial charge on any atom is 0.223 e. The zero-order valence-corrected chi connectivity index (χ0v) is 12.4.